The van der Waals surface area contributed by atoms with Gasteiger partial charge in [-0.25, -0.2) is 26.1 Å². The fourth-order valence-electron chi connectivity index (χ4n) is 5.07. The lowest BCUT2D eigenvalue weighted by Crippen LogP contribution is -2.40. The lowest BCUT2D eigenvalue weighted by Gasteiger charge is -2.29. The lowest BCUT2D eigenvalue weighted by atomic mass is 10.1. The van der Waals surface area contributed by atoms with Crippen molar-refractivity contribution in [1.82, 2.24) is 19.7 Å². The first-order valence-corrected chi connectivity index (χ1v) is 22.2. The number of para-hydroxylation sites is 1. The molecule has 0 fully saturated rings. The molecule has 0 aliphatic heterocycles. The minimum Gasteiger partial charge on any atom is -0.494 e. The average molecular weight is 729 g/mol. The fraction of sp³-hybridized carbons (Fsp3) is 0.375. The summed E-state index contributed by atoms with van der Waals surface area (Å²) in [5.41, 5.74) is 0.872. The maximum atomic E-state index is 14.7. The van der Waals surface area contributed by atoms with Crippen molar-refractivity contribution in [3.63, 3.8) is 0 Å². The number of benzene rings is 2. The van der Waals surface area contributed by atoms with E-state index in [1.54, 1.807) is 36.4 Å². The van der Waals surface area contributed by atoms with Crippen molar-refractivity contribution in [2.24, 2.45) is 0 Å². The van der Waals surface area contributed by atoms with E-state index in [1.807, 2.05) is 6.07 Å². The number of hydrogen-bond donors (Lipinski definition) is 0. The first-order chi connectivity index (χ1) is 23.1. The smallest absolute Gasteiger partial charge is 0.246 e. The molecular weight excluding hydrogens is 689 g/mol. The molecule has 0 unspecified atom stereocenters. The third kappa shape index (κ3) is 8.39. The predicted octanol–water partition coefficient (Wildman–Crippen LogP) is 4.49. The second kappa shape index (κ2) is 14.9. The molecule has 0 saturated heterocycles. The molecular formula is C32H40N6O8S2Si. The van der Waals surface area contributed by atoms with Crippen molar-refractivity contribution in [3.8, 4) is 40.7 Å². The Kier molecular flexibility index (Phi) is 11.4. The van der Waals surface area contributed by atoms with E-state index in [4.69, 9.17) is 18.9 Å². The zero-order chi connectivity index (χ0) is 36.1. The largest absolute Gasteiger partial charge is 0.494 e. The molecule has 4 rings (SSSR count). The molecule has 2 aromatic heterocycles. The predicted molar refractivity (Wildman–Crippen MR) is 188 cm³/mol. The molecule has 0 amide bonds. The SMILES string of the molecule is COc1cccc(-c2nnc(N(CC[Si](C)(C)C)S(=O)(=O)C[C@@H](OC)c3ccc(C#N)cc3S(C)(=O)=O)n2-c2c(OC)cccc2OC)n1. The molecule has 262 valence electrons. The van der Waals surface area contributed by atoms with Crippen molar-refractivity contribution in [2.75, 3.05) is 51.3 Å². The van der Waals surface area contributed by atoms with Crippen LogP contribution in [0.15, 0.2) is 59.5 Å². The molecule has 0 aliphatic carbocycles. The first kappa shape index (κ1) is 37.3. The maximum Gasteiger partial charge on any atom is 0.246 e. The number of anilines is 1. The van der Waals surface area contributed by atoms with Gasteiger partial charge in [0.1, 0.15) is 22.9 Å². The Labute approximate surface area is 288 Å². The summed E-state index contributed by atoms with van der Waals surface area (Å²) in [6, 6.07) is 16.7. The molecule has 2 aromatic carbocycles. The third-order valence-electron chi connectivity index (χ3n) is 7.59. The van der Waals surface area contributed by atoms with Crippen molar-refractivity contribution in [3.05, 3.63) is 65.7 Å². The van der Waals surface area contributed by atoms with Gasteiger partial charge in [-0.1, -0.05) is 37.8 Å². The van der Waals surface area contributed by atoms with E-state index in [2.05, 4.69) is 34.8 Å². The summed E-state index contributed by atoms with van der Waals surface area (Å²) in [5.74, 6) is 0.440. The highest BCUT2D eigenvalue weighted by Gasteiger charge is 2.36. The van der Waals surface area contributed by atoms with Gasteiger partial charge in [-0.15, -0.1) is 10.2 Å². The van der Waals surface area contributed by atoms with Gasteiger partial charge in [0.05, 0.1) is 49.7 Å². The Bertz CT molecular complexity index is 2050. The van der Waals surface area contributed by atoms with Crippen molar-refractivity contribution in [1.29, 1.82) is 5.26 Å². The highest BCUT2D eigenvalue weighted by molar-refractivity contribution is 7.92. The van der Waals surface area contributed by atoms with Gasteiger partial charge in [-0.05, 0) is 36.4 Å². The highest BCUT2D eigenvalue weighted by Crippen LogP contribution is 2.39. The summed E-state index contributed by atoms with van der Waals surface area (Å²) in [4.78, 5) is 4.34. The van der Waals surface area contributed by atoms with Crippen LogP contribution in [0.3, 0.4) is 0 Å². The van der Waals surface area contributed by atoms with Gasteiger partial charge in [-0.3, -0.25) is 4.57 Å². The molecule has 0 bridgehead atoms. The third-order valence-corrected chi connectivity index (χ3v) is 12.2. The number of pyridine rings is 1. The van der Waals surface area contributed by atoms with E-state index in [-0.39, 0.29) is 34.3 Å². The van der Waals surface area contributed by atoms with Crippen LogP contribution in [0.5, 0.6) is 17.4 Å². The summed E-state index contributed by atoms with van der Waals surface area (Å²) in [6.07, 6.45) is -0.236. The fourth-order valence-corrected chi connectivity index (χ4v) is 8.71. The minimum atomic E-state index is -4.37. The zero-order valence-corrected chi connectivity index (χ0v) is 31.3. The summed E-state index contributed by atoms with van der Waals surface area (Å²) in [6.45, 7) is 6.38. The molecule has 2 heterocycles. The Morgan fingerprint density at radius 1 is 0.918 bits per heavy atom. The number of rotatable bonds is 15. The summed E-state index contributed by atoms with van der Waals surface area (Å²) < 4.78 is 80.1. The van der Waals surface area contributed by atoms with Gasteiger partial charge in [0, 0.05) is 39.6 Å². The molecule has 0 aliphatic rings. The van der Waals surface area contributed by atoms with E-state index in [0.717, 1.165) is 6.26 Å². The minimum absolute atomic E-state index is 0.0297. The summed E-state index contributed by atoms with van der Waals surface area (Å²) >= 11 is 0. The molecule has 17 heteroatoms. The van der Waals surface area contributed by atoms with E-state index in [9.17, 15) is 22.1 Å². The quantitative estimate of drug-likeness (QED) is 0.157. The van der Waals surface area contributed by atoms with Crippen LogP contribution in [0.4, 0.5) is 5.95 Å². The number of aromatic nitrogens is 4. The van der Waals surface area contributed by atoms with Gasteiger partial charge in [0.15, 0.2) is 15.7 Å². The highest BCUT2D eigenvalue weighted by atomic mass is 32.2. The van der Waals surface area contributed by atoms with Crippen LogP contribution in [0.25, 0.3) is 17.2 Å². The van der Waals surface area contributed by atoms with Crippen molar-refractivity contribution < 1.29 is 35.8 Å². The second-order valence-electron chi connectivity index (χ2n) is 12.3. The molecule has 0 spiro atoms. The van der Waals surface area contributed by atoms with Crippen LogP contribution in [0.1, 0.15) is 17.2 Å². The van der Waals surface area contributed by atoms with Crippen molar-refractivity contribution >= 4 is 33.9 Å². The van der Waals surface area contributed by atoms with Crippen LogP contribution < -0.4 is 18.5 Å². The number of sulfonamides is 1. The number of nitrogens with zero attached hydrogens (tertiary/aromatic N) is 6. The molecule has 49 heavy (non-hydrogen) atoms. The van der Waals surface area contributed by atoms with Crippen LogP contribution in [-0.2, 0) is 24.6 Å². The van der Waals surface area contributed by atoms with Gasteiger partial charge in [-0.2, -0.15) is 5.26 Å². The first-order valence-electron chi connectivity index (χ1n) is 15.0. The average Bonchev–Trinajstić information content (AvgIpc) is 3.49. The van der Waals surface area contributed by atoms with Crippen LogP contribution in [0.2, 0.25) is 25.7 Å². The molecule has 14 nitrogen and oxygen atoms in total. The Morgan fingerprint density at radius 2 is 1.57 bits per heavy atom. The van der Waals surface area contributed by atoms with Gasteiger partial charge in [0.2, 0.25) is 21.9 Å². The Balaban J connectivity index is 2.00. The van der Waals surface area contributed by atoms with E-state index in [0.29, 0.717) is 34.8 Å². The molecule has 0 radical (unpaired) electrons. The van der Waals surface area contributed by atoms with Gasteiger partial charge >= 0.3 is 0 Å². The zero-order valence-electron chi connectivity index (χ0n) is 28.7. The molecule has 1 atom stereocenters. The molecule has 0 N–H and O–H groups in total. The number of hydrogen-bond acceptors (Lipinski definition) is 12. The summed E-state index contributed by atoms with van der Waals surface area (Å²) in [7, 11) is -4.38. The van der Waals surface area contributed by atoms with Crippen molar-refractivity contribution in [2.45, 2.75) is 36.7 Å². The normalized spacial score (nSPS) is 12.6. The van der Waals surface area contributed by atoms with Gasteiger partial charge in [0.25, 0.3) is 0 Å². The number of nitriles is 1. The number of ether oxygens (including phenoxy) is 4. The van der Waals surface area contributed by atoms with Crippen LogP contribution in [-0.4, -0.2) is 91.7 Å². The summed E-state index contributed by atoms with van der Waals surface area (Å²) in [5, 5.41) is 18.3. The van der Waals surface area contributed by atoms with E-state index in [1.165, 1.54) is 55.5 Å². The number of sulfone groups is 1. The standard InChI is InChI=1S/C32H40N6O8S2Si/c1-43-25-12-10-13-26(44-2)30(25)38-31(24-11-9-14-29(34-24)46-4)35-36-32(38)37(17-18-49(6,7)8)48(41,42)21-27(45-3)23-16-15-22(20-33)19-28(23)47(5,39)40/h9-16,19,27H,17-18,21H2,1-8H3/t27-/m1/s1. The topological polar surface area (TPSA) is 176 Å². The Morgan fingerprint density at radius 3 is 2.12 bits per heavy atom. The lowest BCUT2D eigenvalue weighted by molar-refractivity contribution is 0.119. The molecule has 4 aromatic rings. The molecule has 0 saturated carbocycles. The second-order valence-corrected chi connectivity index (χ2v) is 21.8. The Hall–Kier alpha value is -4.50. The van der Waals surface area contributed by atoms with E-state index < -0.39 is 39.8 Å². The van der Waals surface area contributed by atoms with Gasteiger partial charge < -0.3 is 18.9 Å². The van der Waals surface area contributed by atoms with Crippen LogP contribution in [0, 0.1) is 11.3 Å². The maximum absolute atomic E-state index is 14.7. The number of methoxy groups -OCH3 is 4. The van der Waals surface area contributed by atoms with Crippen LogP contribution >= 0.6 is 0 Å². The van der Waals surface area contributed by atoms with E-state index >= 15 is 0 Å². The monoisotopic (exact) mass is 728 g/mol.